The maximum atomic E-state index is 14.9. The Kier molecular flexibility index (Phi) is 17.6. The molecule has 1 saturated heterocycles. The average Bonchev–Trinajstić information content (AvgIpc) is 4.08. The van der Waals surface area contributed by atoms with Crippen molar-refractivity contribution in [2.24, 2.45) is 34.2 Å². The average molecular weight is 1000 g/mol. The molecule has 24 nitrogen and oxygen atoms in total. The van der Waals surface area contributed by atoms with Crippen LogP contribution in [-0.4, -0.2) is 134 Å². The molecule has 4 aliphatic rings. The summed E-state index contributed by atoms with van der Waals surface area (Å²) in [5.41, 5.74) is 12.9. The van der Waals surface area contributed by atoms with Gasteiger partial charge in [-0.15, -0.1) is 0 Å². The molecule has 0 radical (unpaired) electrons. The summed E-state index contributed by atoms with van der Waals surface area (Å²) in [5, 5.41) is 32.6. The van der Waals surface area contributed by atoms with E-state index in [0.717, 1.165) is 0 Å². The minimum absolute atomic E-state index is 0.0327. The van der Waals surface area contributed by atoms with Crippen molar-refractivity contribution in [3.63, 3.8) is 0 Å². The van der Waals surface area contributed by atoms with Gasteiger partial charge in [-0.25, -0.2) is 9.78 Å². The second kappa shape index (κ2) is 23.6. The number of aromatic nitrogens is 3. The number of aliphatic imine (C=N–C) groups is 1. The lowest BCUT2D eigenvalue weighted by atomic mass is 9.81. The van der Waals surface area contributed by atoms with Crippen LogP contribution in [0, 0.1) is 17.8 Å². The van der Waals surface area contributed by atoms with Crippen LogP contribution in [0.15, 0.2) is 35.7 Å². The first-order valence-electron chi connectivity index (χ1n) is 24.5. The number of nitrogens with two attached hydrogens (primary N) is 2. The van der Waals surface area contributed by atoms with E-state index >= 15 is 0 Å². The van der Waals surface area contributed by atoms with E-state index in [0.29, 0.717) is 40.7 Å². The lowest BCUT2D eigenvalue weighted by molar-refractivity contribution is -0.141. The first-order chi connectivity index (χ1) is 34.2. The molecule has 6 heterocycles. The van der Waals surface area contributed by atoms with Gasteiger partial charge in [0, 0.05) is 54.4 Å². The predicted molar refractivity (Wildman–Crippen MR) is 263 cm³/mol. The molecule has 0 spiro atoms. The summed E-state index contributed by atoms with van der Waals surface area (Å²) in [6.45, 7) is 10.4. The van der Waals surface area contributed by atoms with E-state index < -0.39 is 114 Å². The highest BCUT2D eigenvalue weighted by Crippen LogP contribution is 2.35. The highest BCUT2D eigenvalue weighted by molar-refractivity contribution is 5.99. The molecule has 2 aromatic heterocycles. The Morgan fingerprint density at radius 1 is 0.833 bits per heavy atom. The summed E-state index contributed by atoms with van der Waals surface area (Å²) in [6, 6.07) is -3.49. The summed E-state index contributed by atoms with van der Waals surface area (Å²) in [4.78, 5) is 137. The van der Waals surface area contributed by atoms with Crippen molar-refractivity contribution < 1.29 is 48.3 Å². The number of hydrogen-bond donors (Lipinski definition) is 12. The Morgan fingerprint density at radius 2 is 1.50 bits per heavy atom. The third kappa shape index (κ3) is 12.9. The quantitative estimate of drug-likeness (QED) is 0.0437. The van der Waals surface area contributed by atoms with Crippen molar-refractivity contribution in [3.05, 3.63) is 47.5 Å². The van der Waals surface area contributed by atoms with Gasteiger partial charge in [-0.05, 0) is 48.6 Å². The maximum Gasteiger partial charge on any atom is 0.326 e. The molecule has 7 rings (SSSR count). The maximum absolute atomic E-state index is 14.9. The Bertz CT molecular complexity index is 2590. The van der Waals surface area contributed by atoms with E-state index in [1.54, 1.807) is 42.8 Å². The Hall–Kier alpha value is -7.53. The van der Waals surface area contributed by atoms with E-state index in [9.17, 15) is 48.3 Å². The zero-order valence-corrected chi connectivity index (χ0v) is 41.4. The third-order valence-electron chi connectivity index (χ3n) is 13.8. The molecular weight excluding hydrogens is 933 g/mol. The summed E-state index contributed by atoms with van der Waals surface area (Å²) >= 11 is 0. The van der Waals surface area contributed by atoms with Crippen LogP contribution in [0.3, 0.4) is 0 Å². The van der Waals surface area contributed by atoms with Gasteiger partial charge < -0.3 is 64.1 Å². The Balaban J connectivity index is 1.58. The molecule has 390 valence electrons. The molecule has 3 aromatic rings. The molecule has 1 fully saturated rings. The van der Waals surface area contributed by atoms with E-state index in [1.165, 1.54) is 6.33 Å². The summed E-state index contributed by atoms with van der Waals surface area (Å²) in [5.74, 6) is -8.69. The smallest absolute Gasteiger partial charge is 0.326 e. The van der Waals surface area contributed by atoms with Gasteiger partial charge in [0.05, 0.1) is 12.2 Å². The van der Waals surface area contributed by atoms with Gasteiger partial charge in [0.25, 0.3) is 0 Å². The number of aliphatic carboxylic acids is 1. The summed E-state index contributed by atoms with van der Waals surface area (Å²) in [7, 11) is 0. The summed E-state index contributed by atoms with van der Waals surface area (Å²) < 4.78 is 1.58. The van der Waals surface area contributed by atoms with Gasteiger partial charge in [-0.1, -0.05) is 66.5 Å². The number of nitrogens with one attached hydrogen (secondary N) is 9. The van der Waals surface area contributed by atoms with Crippen LogP contribution in [0.5, 0.6) is 0 Å². The van der Waals surface area contributed by atoms with Gasteiger partial charge in [-0.3, -0.25) is 47.9 Å². The molecule has 4 aliphatic heterocycles. The first kappa shape index (κ1) is 53.8. The molecule has 10 unspecified atom stereocenters. The van der Waals surface area contributed by atoms with E-state index in [1.807, 2.05) is 27.7 Å². The second-order valence-corrected chi connectivity index (χ2v) is 19.3. The minimum Gasteiger partial charge on any atom is -0.480 e. The van der Waals surface area contributed by atoms with Crippen molar-refractivity contribution in [3.8, 4) is 5.82 Å². The van der Waals surface area contributed by atoms with Gasteiger partial charge in [-0.2, -0.15) is 0 Å². The molecular formula is C48H68N14O10. The first-order valence-corrected chi connectivity index (χ1v) is 24.5. The van der Waals surface area contributed by atoms with Crippen LogP contribution in [0.25, 0.3) is 16.7 Å². The number of benzene rings is 1. The molecule has 24 heteroatoms. The minimum atomic E-state index is -1.46. The molecule has 10 atom stereocenters. The molecule has 72 heavy (non-hydrogen) atoms. The van der Waals surface area contributed by atoms with Crippen molar-refractivity contribution in [2.75, 3.05) is 13.1 Å². The topological polar surface area (TPSA) is 368 Å². The number of fused-ring (bicyclic) bond motifs is 13. The van der Waals surface area contributed by atoms with E-state index in [-0.39, 0.29) is 68.5 Å². The molecule has 8 amide bonds. The number of carbonyl (C=O) groups is 9. The number of H-pyrrole nitrogens is 1. The molecule has 14 N–H and O–H groups in total. The number of guanidine groups is 1. The monoisotopic (exact) mass is 1000 g/mol. The fourth-order valence-electron chi connectivity index (χ4n) is 9.38. The molecule has 7 bridgehead atoms. The van der Waals surface area contributed by atoms with Crippen LogP contribution in [0.1, 0.15) is 103 Å². The lowest BCUT2D eigenvalue weighted by Crippen LogP contribution is -2.62. The second-order valence-electron chi connectivity index (χ2n) is 19.3. The highest BCUT2D eigenvalue weighted by atomic mass is 16.4. The fourth-order valence-corrected chi connectivity index (χ4v) is 9.38. The number of rotatable bonds is 12. The normalized spacial score (nSPS) is 25.5. The molecule has 0 saturated carbocycles. The summed E-state index contributed by atoms with van der Waals surface area (Å²) in [6.07, 6.45) is 3.82. The van der Waals surface area contributed by atoms with Crippen LogP contribution < -0.4 is 54.0 Å². The zero-order chi connectivity index (χ0) is 52.6. The number of carboxylic acids is 1. The van der Waals surface area contributed by atoms with Crippen molar-refractivity contribution in [2.45, 2.75) is 141 Å². The predicted octanol–water partition coefficient (Wildman–Crippen LogP) is -1.26. The van der Waals surface area contributed by atoms with Crippen molar-refractivity contribution >= 4 is 70.1 Å². The van der Waals surface area contributed by atoms with Crippen molar-refractivity contribution in [1.29, 1.82) is 0 Å². The number of aromatic amines is 1. The van der Waals surface area contributed by atoms with Gasteiger partial charge in [0.1, 0.15) is 54.4 Å². The van der Waals surface area contributed by atoms with Crippen LogP contribution in [0.2, 0.25) is 0 Å². The standard InChI is InChI=1S/C48H68N14O10/c1-7-23(5)37-44(68)58-32-18-28-27-12-11-25(36(22(3)4)39(61-42(66)30-13-14-34(63)54-30)46(70)60-38(24(6)8-2)45(69)59-37)16-31(27)56-40(28)62-20-26(53-21-62)17-33(47(71)72)55-35(64)19-52-41(65)29(57-43(32)67)10-9-15-51-48(49)50/h11-12,16,20-24,29-30,32-33,36-39,56H,7-10,13-15,17-19H2,1-6H3,(H,52,65)(H,54,63)(H,55,64)(H,57,67)(H,58,68)(H,59,69)(H,60,70)(H,61,66)(H,71,72)(H4,49,50,51). The van der Waals surface area contributed by atoms with Crippen LogP contribution in [-0.2, 0) is 56.0 Å². The van der Waals surface area contributed by atoms with Gasteiger partial charge in [0.2, 0.25) is 47.3 Å². The number of amides is 8. The molecule has 1 aromatic carbocycles. The number of hydrogen-bond acceptors (Lipinski definition) is 11. The van der Waals surface area contributed by atoms with Gasteiger partial charge >= 0.3 is 5.97 Å². The lowest BCUT2D eigenvalue weighted by Gasteiger charge is -2.34. The largest absolute Gasteiger partial charge is 0.480 e. The van der Waals surface area contributed by atoms with Crippen LogP contribution in [0.4, 0.5) is 0 Å². The zero-order valence-electron chi connectivity index (χ0n) is 41.4. The number of carboxylic acid groups (broad SMARTS) is 1. The van der Waals surface area contributed by atoms with Crippen molar-refractivity contribution in [1.82, 2.24) is 57.1 Å². The fraction of sp³-hybridized carbons (Fsp3) is 0.562. The number of imidazole rings is 1. The number of nitrogens with zero attached hydrogens (tertiary/aromatic N) is 3. The van der Waals surface area contributed by atoms with Gasteiger partial charge in [0.15, 0.2) is 5.96 Å². The third-order valence-corrected chi connectivity index (χ3v) is 13.8. The SMILES string of the molecule is CCC(C)C1NC(=O)C(C(C)CC)NC(=O)C(NC(=O)C2CCC(=O)N2)C(C(C)C)c2ccc3c4c([nH]c3c2)-n2cnc(c2)CC(C(=O)O)NC(=O)CNC(=O)C(CCCN=C(N)N)NC(=O)C(C4)NC1=O. The highest BCUT2D eigenvalue weighted by Gasteiger charge is 2.41. The Morgan fingerprint density at radius 3 is 2.12 bits per heavy atom. The molecule has 0 aliphatic carbocycles. The van der Waals surface area contributed by atoms with E-state index in [2.05, 4.69) is 57.5 Å². The van der Waals surface area contributed by atoms with Crippen LogP contribution >= 0.6 is 0 Å². The number of carbonyl (C=O) groups excluding carboxylic acids is 8. The Labute approximate surface area is 416 Å². The van der Waals surface area contributed by atoms with E-state index in [4.69, 9.17) is 11.5 Å².